The number of nitrogens with one attached hydrogen (secondary N) is 3. The van der Waals surface area contributed by atoms with Crippen molar-refractivity contribution in [2.24, 2.45) is 10.5 Å². The number of H-pyrrole nitrogens is 1. The highest BCUT2D eigenvalue weighted by Gasteiger charge is 2.68. The maximum absolute atomic E-state index is 13.5. The first-order valence-electron chi connectivity index (χ1n) is 7.49. The van der Waals surface area contributed by atoms with Crippen LogP contribution >= 0.6 is 0 Å². The van der Waals surface area contributed by atoms with Crippen molar-refractivity contribution in [3.05, 3.63) is 29.7 Å². The molecule has 3 aliphatic carbocycles. The van der Waals surface area contributed by atoms with Crippen molar-refractivity contribution in [3.63, 3.8) is 0 Å². The Hall–Kier alpha value is -2.11. The Bertz CT molecular complexity index is 756. The van der Waals surface area contributed by atoms with Gasteiger partial charge in [0.15, 0.2) is 6.54 Å². The normalized spacial score (nSPS) is 28.8. The van der Waals surface area contributed by atoms with E-state index in [1.807, 2.05) is 6.07 Å². The molecule has 3 N–H and O–H groups in total. The molecule has 0 amide bonds. The third kappa shape index (κ3) is 2.23. The van der Waals surface area contributed by atoms with Gasteiger partial charge in [-0.2, -0.15) is 0 Å². The van der Waals surface area contributed by atoms with Gasteiger partial charge in [0, 0.05) is 35.9 Å². The molecule has 2 aromatic heterocycles. The topological polar surface area (TPSA) is 91.0 Å². The Morgan fingerprint density at radius 1 is 1.41 bits per heavy atom. The molecule has 0 radical (unpaired) electrons. The monoisotopic (exact) mass is 301 g/mol. The second kappa shape index (κ2) is 4.69. The van der Waals surface area contributed by atoms with E-state index in [4.69, 9.17) is 5.53 Å². The Balaban J connectivity index is 1.38. The van der Waals surface area contributed by atoms with Gasteiger partial charge in [-0.25, -0.2) is 4.39 Å². The summed E-state index contributed by atoms with van der Waals surface area (Å²) >= 11 is 0. The Labute approximate surface area is 126 Å². The first-order valence-corrected chi connectivity index (χ1v) is 7.49. The van der Waals surface area contributed by atoms with Gasteiger partial charge in [0.1, 0.15) is 16.3 Å². The smallest absolute Gasteiger partial charge is 0.214 e. The number of fused-ring (bicyclic) bond motifs is 1. The lowest BCUT2D eigenvalue weighted by Gasteiger charge is -2.66. The second-order valence-corrected chi connectivity index (χ2v) is 6.74. The fourth-order valence-corrected chi connectivity index (χ4v) is 3.93. The number of rotatable bonds is 6. The van der Waals surface area contributed by atoms with Crippen LogP contribution in [0, 0.1) is 10.9 Å². The summed E-state index contributed by atoms with van der Waals surface area (Å²) in [7, 11) is 0. The average Bonchev–Trinajstić information content (AvgIpc) is 2.83. The van der Waals surface area contributed by atoms with Crippen LogP contribution in [0.5, 0.6) is 0 Å². The van der Waals surface area contributed by atoms with Crippen LogP contribution in [0.25, 0.3) is 10.9 Å². The molecule has 6 nitrogen and oxygen atoms in total. The molecule has 0 aromatic carbocycles. The van der Waals surface area contributed by atoms with E-state index in [0.717, 1.165) is 54.6 Å². The predicted molar refractivity (Wildman–Crippen MR) is 78.9 cm³/mol. The van der Waals surface area contributed by atoms with E-state index < -0.39 is 5.67 Å². The van der Waals surface area contributed by atoms with Crippen LogP contribution in [0.15, 0.2) is 23.4 Å². The number of pyridine rings is 1. The molecular formula is C15H18FN6+. The van der Waals surface area contributed by atoms with Crippen LogP contribution in [0.4, 0.5) is 4.39 Å². The van der Waals surface area contributed by atoms with E-state index in [9.17, 15) is 4.39 Å². The zero-order valence-corrected chi connectivity index (χ0v) is 12.2. The van der Waals surface area contributed by atoms with Crippen molar-refractivity contribution in [1.29, 1.82) is 5.53 Å². The summed E-state index contributed by atoms with van der Waals surface area (Å²) < 4.78 is 13.5. The minimum atomic E-state index is -0.818. The molecular weight excluding hydrogens is 283 g/mol. The first-order chi connectivity index (χ1) is 10.6. The van der Waals surface area contributed by atoms with Gasteiger partial charge in [0.25, 0.3) is 0 Å². The van der Waals surface area contributed by atoms with Crippen molar-refractivity contribution >= 4 is 10.9 Å². The largest absolute Gasteiger partial charge is 0.357 e. The number of nitrogens with zero attached hydrogens (tertiary/aromatic N) is 3. The lowest BCUT2D eigenvalue weighted by atomic mass is 9.42. The number of aromatic amines is 1. The van der Waals surface area contributed by atoms with Crippen molar-refractivity contribution < 1.29 is 4.39 Å². The lowest BCUT2D eigenvalue weighted by molar-refractivity contribution is -0.209. The van der Waals surface area contributed by atoms with E-state index in [1.165, 1.54) is 0 Å². The average molecular weight is 301 g/mol. The molecule has 0 aliphatic heterocycles. The van der Waals surface area contributed by atoms with E-state index >= 15 is 0 Å². The van der Waals surface area contributed by atoms with Crippen LogP contribution in [-0.2, 0) is 13.1 Å². The maximum atomic E-state index is 13.5. The minimum absolute atomic E-state index is 0.233. The number of hydrogen-bond acceptors (Lipinski definition) is 4. The van der Waals surface area contributed by atoms with Crippen molar-refractivity contribution in [2.75, 3.05) is 6.54 Å². The molecule has 5 rings (SSSR count). The number of halogens is 1. The van der Waals surface area contributed by atoms with Crippen molar-refractivity contribution in [3.8, 4) is 0 Å². The lowest BCUT2D eigenvalue weighted by Crippen LogP contribution is -2.67. The van der Waals surface area contributed by atoms with Crippen molar-refractivity contribution in [1.82, 2.24) is 20.2 Å². The van der Waals surface area contributed by atoms with Gasteiger partial charge in [-0.05, 0) is 36.8 Å². The first kappa shape index (κ1) is 13.5. The predicted octanol–water partition coefficient (Wildman–Crippen LogP) is 2.60. The van der Waals surface area contributed by atoms with Crippen LogP contribution in [-0.4, -0.2) is 22.2 Å². The quantitative estimate of drug-likeness (QED) is 0.565. The molecule has 3 aliphatic rings. The van der Waals surface area contributed by atoms with Crippen molar-refractivity contribution in [2.45, 2.75) is 38.0 Å². The zero-order chi connectivity index (χ0) is 15.2. The molecule has 22 heavy (non-hydrogen) atoms. The highest BCUT2D eigenvalue weighted by Crippen LogP contribution is 2.69. The molecule has 3 fully saturated rings. The summed E-state index contributed by atoms with van der Waals surface area (Å²) in [6, 6.07) is 4.01. The summed E-state index contributed by atoms with van der Waals surface area (Å²) in [6.07, 6.45) is 4.00. The highest BCUT2D eigenvalue weighted by molar-refractivity contribution is 5.79. The Kier molecular flexibility index (Phi) is 2.89. The summed E-state index contributed by atoms with van der Waals surface area (Å²) in [6.45, 7) is 1.96. The van der Waals surface area contributed by atoms with E-state index in [1.54, 1.807) is 6.20 Å². The highest BCUT2D eigenvalue weighted by atomic mass is 19.1. The van der Waals surface area contributed by atoms with Gasteiger partial charge in [0.2, 0.25) is 4.91 Å². The van der Waals surface area contributed by atoms with Crippen LogP contribution < -0.4 is 10.2 Å². The van der Waals surface area contributed by atoms with Crippen LogP contribution in [0.2, 0.25) is 0 Å². The van der Waals surface area contributed by atoms with E-state index in [2.05, 4.69) is 31.4 Å². The molecule has 0 atom stereocenters. The van der Waals surface area contributed by atoms with Gasteiger partial charge in [-0.15, -0.1) is 0 Å². The molecule has 0 spiro atoms. The number of alkyl halides is 1. The molecule has 2 aromatic rings. The number of hydrogen-bond donors (Lipinski definition) is 3. The van der Waals surface area contributed by atoms with Crippen LogP contribution in [0.1, 0.15) is 30.7 Å². The van der Waals surface area contributed by atoms with Gasteiger partial charge in [-0.3, -0.25) is 4.98 Å². The van der Waals surface area contributed by atoms with Gasteiger partial charge < -0.3 is 10.3 Å². The molecule has 114 valence electrons. The Morgan fingerprint density at radius 2 is 2.23 bits per heavy atom. The van der Waals surface area contributed by atoms with Gasteiger partial charge in [0.05, 0.1) is 5.69 Å². The fourth-order valence-electron chi connectivity index (χ4n) is 3.93. The maximum Gasteiger partial charge on any atom is 0.214 e. The fraction of sp³-hybridized carbons (Fsp3) is 0.533. The SMILES string of the molecule is N=[N+]=NCc1cc2[nH]c(CNCC34CC(F)(C3)C4)cc2cn1. The Morgan fingerprint density at radius 3 is 2.95 bits per heavy atom. The summed E-state index contributed by atoms with van der Waals surface area (Å²) in [5, 5.41) is 8.12. The third-order valence-electron chi connectivity index (χ3n) is 4.81. The van der Waals surface area contributed by atoms with Gasteiger partial charge in [-0.1, -0.05) is 0 Å². The second-order valence-electron chi connectivity index (χ2n) is 6.74. The standard InChI is InChI=1S/C15H18FN6/c16-15-6-14(7-15,8-15)9-18-4-12-1-10-3-19-11(5-20-22-17)2-13(10)21-12/h1-3,17-18,21H,4-9H2/q+1. The minimum Gasteiger partial charge on any atom is -0.357 e. The number of aromatic nitrogens is 2. The molecule has 2 bridgehead atoms. The molecule has 2 heterocycles. The summed E-state index contributed by atoms with van der Waals surface area (Å²) in [5.74, 6) is 0. The summed E-state index contributed by atoms with van der Waals surface area (Å²) in [4.78, 5) is 10.6. The molecule has 0 unspecified atom stereocenters. The zero-order valence-electron chi connectivity index (χ0n) is 12.2. The van der Waals surface area contributed by atoms with Gasteiger partial charge >= 0.3 is 0 Å². The third-order valence-corrected chi connectivity index (χ3v) is 4.81. The molecule has 7 heteroatoms. The molecule has 0 saturated heterocycles. The van der Waals surface area contributed by atoms with Crippen LogP contribution in [0.3, 0.4) is 0 Å². The van der Waals surface area contributed by atoms with E-state index in [0.29, 0.717) is 6.54 Å². The molecule has 3 saturated carbocycles. The summed E-state index contributed by atoms with van der Waals surface area (Å²) in [5.41, 5.74) is 8.98. The van der Waals surface area contributed by atoms with E-state index in [-0.39, 0.29) is 5.41 Å².